The summed E-state index contributed by atoms with van der Waals surface area (Å²) in [5.74, 6) is 0.914. The topological polar surface area (TPSA) is 100 Å². The second-order valence-corrected chi connectivity index (χ2v) is 7.42. The number of amides is 1. The Balaban J connectivity index is 1.45. The number of aromatic nitrogens is 5. The number of carbonyl (C=O) groups excluding carboxylic acids is 1. The van der Waals surface area contributed by atoms with Gasteiger partial charge in [0.2, 0.25) is 0 Å². The van der Waals surface area contributed by atoms with Gasteiger partial charge in [0.05, 0.1) is 30.0 Å². The van der Waals surface area contributed by atoms with Gasteiger partial charge in [-0.05, 0) is 20.3 Å². The number of hydrogen-bond donors (Lipinski definition) is 2. The second kappa shape index (κ2) is 8.12. The molecule has 29 heavy (non-hydrogen) atoms. The third-order valence-electron chi connectivity index (χ3n) is 5.05. The van der Waals surface area contributed by atoms with Crippen molar-refractivity contribution in [2.24, 2.45) is 0 Å². The van der Waals surface area contributed by atoms with Gasteiger partial charge in [-0.2, -0.15) is 0 Å². The largest absolute Gasteiger partial charge is 0.353 e. The molecule has 152 valence electrons. The maximum atomic E-state index is 12.6. The summed E-state index contributed by atoms with van der Waals surface area (Å²) in [5.41, 5.74) is 2.68. The highest BCUT2D eigenvalue weighted by Crippen LogP contribution is 2.15. The molecule has 4 heterocycles. The minimum Gasteiger partial charge on any atom is -0.353 e. The summed E-state index contributed by atoms with van der Waals surface area (Å²) in [7, 11) is 0. The van der Waals surface area contributed by atoms with Gasteiger partial charge in [-0.25, -0.2) is 19.9 Å². The first-order chi connectivity index (χ1) is 14.0. The number of anilines is 2. The van der Waals surface area contributed by atoms with E-state index in [1.54, 1.807) is 12.4 Å². The summed E-state index contributed by atoms with van der Waals surface area (Å²) in [6.07, 6.45) is 9.12. The molecule has 1 amide bonds. The fourth-order valence-corrected chi connectivity index (χ4v) is 3.69. The maximum absolute atomic E-state index is 12.6. The summed E-state index contributed by atoms with van der Waals surface area (Å²) in [5, 5.41) is 6.33. The van der Waals surface area contributed by atoms with Gasteiger partial charge in [-0.1, -0.05) is 13.3 Å². The van der Waals surface area contributed by atoms with E-state index >= 15 is 0 Å². The Hall–Kier alpha value is -3.07. The highest BCUT2D eigenvalue weighted by Gasteiger charge is 2.20. The summed E-state index contributed by atoms with van der Waals surface area (Å²) >= 11 is 0. The number of rotatable bonds is 5. The number of aryl methyl sites for hydroxylation is 2. The molecule has 2 N–H and O–H groups in total. The molecule has 0 bridgehead atoms. The molecule has 1 fully saturated rings. The van der Waals surface area contributed by atoms with Crippen molar-refractivity contribution in [2.45, 2.75) is 39.7 Å². The molecule has 1 saturated heterocycles. The molecule has 0 radical (unpaired) electrons. The van der Waals surface area contributed by atoms with Crippen LogP contribution in [0.25, 0.3) is 5.65 Å². The van der Waals surface area contributed by atoms with Crippen molar-refractivity contribution in [1.29, 1.82) is 0 Å². The lowest BCUT2D eigenvalue weighted by Crippen LogP contribution is -2.51. The van der Waals surface area contributed by atoms with Gasteiger partial charge in [0.15, 0.2) is 5.65 Å². The molecule has 0 unspecified atom stereocenters. The van der Waals surface area contributed by atoms with Crippen molar-refractivity contribution in [3.05, 3.63) is 41.9 Å². The van der Waals surface area contributed by atoms with Crippen LogP contribution in [0.15, 0.2) is 24.8 Å². The molecule has 0 aromatic carbocycles. The predicted molar refractivity (Wildman–Crippen MR) is 111 cm³/mol. The Morgan fingerprint density at radius 1 is 1.24 bits per heavy atom. The Bertz CT molecular complexity index is 1010. The first-order valence-electron chi connectivity index (χ1n) is 9.98. The van der Waals surface area contributed by atoms with Crippen molar-refractivity contribution in [3.63, 3.8) is 0 Å². The average Bonchev–Trinajstić information content (AvgIpc) is 3.09. The standard InChI is InChI=1S/C20H26N8O/c1-4-5-15-11-27(7-6-21-15)18-9-22-16(8-23-18)20(29)26-17-12-28-10-13(2)24-19(28)14(3)25-17/h8-10,12,15,21H,4-7,11H2,1-3H3,(H,26,29)/t15-/m1/s1. The van der Waals surface area contributed by atoms with E-state index in [0.717, 1.165) is 55.3 Å². The number of hydrogen-bond acceptors (Lipinski definition) is 7. The van der Waals surface area contributed by atoms with Crippen LogP contribution >= 0.6 is 0 Å². The van der Waals surface area contributed by atoms with Crippen LogP contribution in [0, 0.1) is 13.8 Å². The monoisotopic (exact) mass is 394 g/mol. The molecule has 9 heteroatoms. The van der Waals surface area contributed by atoms with Crippen LogP contribution in [0.4, 0.5) is 11.6 Å². The van der Waals surface area contributed by atoms with E-state index in [1.807, 2.05) is 24.4 Å². The minimum absolute atomic E-state index is 0.260. The van der Waals surface area contributed by atoms with E-state index in [0.29, 0.717) is 11.9 Å². The van der Waals surface area contributed by atoms with Crippen LogP contribution in [-0.2, 0) is 0 Å². The van der Waals surface area contributed by atoms with Crippen LogP contribution in [0.2, 0.25) is 0 Å². The van der Waals surface area contributed by atoms with E-state index in [9.17, 15) is 4.79 Å². The molecule has 1 atom stereocenters. The zero-order chi connectivity index (χ0) is 20.4. The number of nitrogens with zero attached hydrogens (tertiary/aromatic N) is 6. The minimum atomic E-state index is -0.337. The van der Waals surface area contributed by atoms with Gasteiger partial charge in [-0.15, -0.1) is 0 Å². The maximum Gasteiger partial charge on any atom is 0.277 e. The molecular weight excluding hydrogens is 368 g/mol. The fraction of sp³-hybridized carbons (Fsp3) is 0.450. The van der Waals surface area contributed by atoms with Crippen molar-refractivity contribution in [3.8, 4) is 0 Å². The molecule has 0 aliphatic carbocycles. The highest BCUT2D eigenvalue weighted by molar-refractivity contribution is 6.02. The molecule has 0 saturated carbocycles. The smallest absolute Gasteiger partial charge is 0.277 e. The third-order valence-corrected chi connectivity index (χ3v) is 5.05. The van der Waals surface area contributed by atoms with Crippen LogP contribution < -0.4 is 15.5 Å². The van der Waals surface area contributed by atoms with Gasteiger partial charge in [0, 0.05) is 31.9 Å². The lowest BCUT2D eigenvalue weighted by Gasteiger charge is -2.34. The quantitative estimate of drug-likeness (QED) is 0.682. The second-order valence-electron chi connectivity index (χ2n) is 7.42. The van der Waals surface area contributed by atoms with E-state index < -0.39 is 0 Å². The fourth-order valence-electron chi connectivity index (χ4n) is 3.69. The van der Waals surface area contributed by atoms with E-state index in [2.05, 4.69) is 42.4 Å². The summed E-state index contributed by atoms with van der Waals surface area (Å²) in [6.45, 7) is 8.69. The van der Waals surface area contributed by atoms with Crippen molar-refractivity contribution in [1.82, 2.24) is 29.7 Å². The lowest BCUT2D eigenvalue weighted by atomic mass is 10.1. The van der Waals surface area contributed by atoms with Crippen molar-refractivity contribution < 1.29 is 4.79 Å². The molecule has 1 aliphatic heterocycles. The van der Waals surface area contributed by atoms with Gasteiger partial charge in [0.1, 0.15) is 17.3 Å². The normalized spacial score (nSPS) is 16.9. The zero-order valence-corrected chi connectivity index (χ0v) is 17.0. The summed E-state index contributed by atoms with van der Waals surface area (Å²) in [4.78, 5) is 32.4. The number of nitrogens with one attached hydrogen (secondary N) is 2. The molecule has 9 nitrogen and oxygen atoms in total. The Morgan fingerprint density at radius 3 is 2.86 bits per heavy atom. The summed E-state index contributed by atoms with van der Waals surface area (Å²) in [6, 6.07) is 0.467. The Kier molecular flexibility index (Phi) is 5.39. The van der Waals surface area contributed by atoms with Crippen molar-refractivity contribution >= 4 is 23.2 Å². The van der Waals surface area contributed by atoms with Gasteiger partial charge in [0.25, 0.3) is 5.91 Å². The Labute approximate surface area is 169 Å². The molecule has 3 aromatic rings. The molecule has 4 rings (SSSR count). The van der Waals surface area contributed by atoms with Crippen molar-refractivity contribution in [2.75, 3.05) is 29.9 Å². The Morgan fingerprint density at radius 2 is 2.10 bits per heavy atom. The molecular formula is C20H26N8O. The van der Waals surface area contributed by atoms with E-state index in [1.165, 1.54) is 6.20 Å². The number of piperazine rings is 1. The van der Waals surface area contributed by atoms with Crippen LogP contribution in [0.3, 0.4) is 0 Å². The van der Waals surface area contributed by atoms with Crippen LogP contribution in [0.1, 0.15) is 41.6 Å². The lowest BCUT2D eigenvalue weighted by molar-refractivity contribution is 0.102. The van der Waals surface area contributed by atoms with Crippen LogP contribution in [-0.4, -0.2) is 55.9 Å². The van der Waals surface area contributed by atoms with E-state index in [4.69, 9.17) is 0 Å². The summed E-state index contributed by atoms with van der Waals surface area (Å²) < 4.78 is 1.86. The highest BCUT2D eigenvalue weighted by atomic mass is 16.1. The molecule has 3 aromatic heterocycles. The molecule has 1 aliphatic rings. The number of carbonyl (C=O) groups is 1. The van der Waals surface area contributed by atoms with Gasteiger partial charge >= 0.3 is 0 Å². The average molecular weight is 394 g/mol. The van der Waals surface area contributed by atoms with Crippen LogP contribution in [0.5, 0.6) is 0 Å². The van der Waals surface area contributed by atoms with Gasteiger partial charge < -0.3 is 19.9 Å². The van der Waals surface area contributed by atoms with E-state index in [-0.39, 0.29) is 11.6 Å². The first-order valence-corrected chi connectivity index (χ1v) is 9.98. The number of imidazole rings is 1. The first kappa shape index (κ1) is 19.3. The molecule has 0 spiro atoms. The zero-order valence-electron chi connectivity index (χ0n) is 17.0. The SMILES string of the molecule is CCC[C@@H]1CN(c2cnc(C(=O)Nc3cn4cc(C)nc4c(C)n3)cn2)CCN1. The predicted octanol–water partition coefficient (Wildman–Crippen LogP) is 1.97. The third kappa shape index (κ3) is 4.19. The van der Waals surface area contributed by atoms with Gasteiger partial charge in [-0.3, -0.25) is 4.79 Å². The number of fused-ring (bicyclic) bond motifs is 1.